The number of hydrogen-bond acceptors (Lipinski definition) is 3. The van der Waals surface area contributed by atoms with Crippen LogP contribution < -0.4 is 5.32 Å². The Labute approximate surface area is 234 Å². The molecule has 202 valence electrons. The van der Waals surface area contributed by atoms with Gasteiger partial charge in [-0.1, -0.05) is 58.2 Å². The fourth-order valence-electron chi connectivity index (χ4n) is 4.69. The maximum atomic E-state index is 14.2. The van der Waals surface area contributed by atoms with Gasteiger partial charge in [-0.25, -0.2) is 4.39 Å². The average Bonchev–Trinajstić information content (AvgIpc) is 3.53. The first-order valence-electron chi connectivity index (χ1n) is 13.3. The Morgan fingerprint density at radius 3 is 2.55 bits per heavy atom. The van der Waals surface area contributed by atoms with E-state index < -0.39 is 0 Å². The van der Waals surface area contributed by atoms with Crippen molar-refractivity contribution in [3.05, 3.63) is 115 Å². The van der Waals surface area contributed by atoms with Gasteiger partial charge < -0.3 is 10.3 Å². The lowest BCUT2D eigenvalue weighted by Gasteiger charge is -2.23. The summed E-state index contributed by atoms with van der Waals surface area (Å²) in [6.07, 6.45) is 7.63. The molecule has 0 aliphatic carbocycles. The van der Waals surface area contributed by atoms with E-state index in [2.05, 4.69) is 60.5 Å². The van der Waals surface area contributed by atoms with E-state index in [1.165, 1.54) is 6.07 Å². The van der Waals surface area contributed by atoms with Gasteiger partial charge in [-0.05, 0) is 78.6 Å². The molecule has 3 heterocycles. The molecule has 0 fully saturated rings. The van der Waals surface area contributed by atoms with Crippen molar-refractivity contribution in [1.29, 1.82) is 0 Å². The number of nitrogens with zero attached hydrogens (tertiary/aromatic N) is 2. The van der Waals surface area contributed by atoms with E-state index >= 15 is 0 Å². The van der Waals surface area contributed by atoms with Gasteiger partial charge in [0.15, 0.2) is 0 Å². The number of nitrogens with one attached hydrogen (secondary N) is 3. The van der Waals surface area contributed by atoms with Crippen LogP contribution in [0, 0.1) is 18.2 Å². The molecule has 0 aliphatic rings. The number of pyridine rings is 1. The van der Waals surface area contributed by atoms with Gasteiger partial charge in [0.1, 0.15) is 11.5 Å². The zero-order chi connectivity index (χ0) is 28.6. The molecule has 0 amide bonds. The van der Waals surface area contributed by atoms with Crippen LogP contribution in [0.1, 0.15) is 39.0 Å². The first-order valence-corrected chi connectivity index (χ1v) is 13.3. The summed E-state index contributed by atoms with van der Waals surface area (Å²) in [4.78, 5) is 8.21. The number of aryl methyl sites for hydroxylation is 1. The van der Waals surface area contributed by atoms with Gasteiger partial charge in [0.05, 0.1) is 23.1 Å². The summed E-state index contributed by atoms with van der Waals surface area (Å²) >= 11 is 0. The number of halogens is 1. The lowest BCUT2D eigenvalue weighted by atomic mass is 9.92. The normalized spacial score (nSPS) is 12.8. The van der Waals surface area contributed by atoms with Crippen LogP contribution in [0.3, 0.4) is 0 Å². The highest BCUT2D eigenvalue weighted by molar-refractivity contribution is 6.01. The molecule has 5 aromatic rings. The summed E-state index contributed by atoms with van der Waals surface area (Å²) in [5.74, 6) is -0.243. The second-order valence-corrected chi connectivity index (χ2v) is 11.1. The fraction of sp³-hybridized carbons (Fsp3) is 0.176. The Bertz CT molecular complexity index is 1800. The van der Waals surface area contributed by atoms with Crippen molar-refractivity contribution in [3.63, 3.8) is 0 Å². The third kappa shape index (κ3) is 5.25. The minimum absolute atomic E-state index is 0.0893. The molecule has 5 nitrogen and oxygen atoms in total. The molecular formula is C34H34FN5. The Morgan fingerprint density at radius 2 is 1.85 bits per heavy atom. The van der Waals surface area contributed by atoms with Crippen molar-refractivity contribution in [2.75, 3.05) is 0 Å². The van der Waals surface area contributed by atoms with Gasteiger partial charge in [0.25, 0.3) is 0 Å². The minimum atomic E-state index is -0.243. The predicted molar refractivity (Wildman–Crippen MR) is 165 cm³/mol. The van der Waals surface area contributed by atoms with Crippen molar-refractivity contribution in [2.45, 2.75) is 34.6 Å². The summed E-state index contributed by atoms with van der Waals surface area (Å²) in [5, 5.41) is 13.1. The monoisotopic (exact) mass is 531 g/mol. The van der Waals surface area contributed by atoms with Crippen LogP contribution in [-0.4, -0.2) is 20.2 Å². The summed E-state index contributed by atoms with van der Waals surface area (Å²) in [5.41, 5.74) is 9.56. The van der Waals surface area contributed by atoms with Crippen molar-refractivity contribution in [3.8, 4) is 22.5 Å². The molecule has 5 rings (SSSR count). The van der Waals surface area contributed by atoms with Crippen LogP contribution in [0.15, 0.2) is 97.5 Å². The number of aromatic nitrogens is 4. The smallest absolute Gasteiger partial charge is 0.124 e. The summed E-state index contributed by atoms with van der Waals surface area (Å²) < 4.78 is 14.2. The van der Waals surface area contributed by atoms with E-state index in [-0.39, 0.29) is 11.2 Å². The second kappa shape index (κ2) is 10.5. The van der Waals surface area contributed by atoms with E-state index in [1.54, 1.807) is 18.3 Å². The number of rotatable bonds is 7. The van der Waals surface area contributed by atoms with E-state index in [4.69, 9.17) is 4.98 Å². The minimum Gasteiger partial charge on any atom is -0.359 e. The first-order chi connectivity index (χ1) is 19.1. The lowest BCUT2D eigenvalue weighted by Crippen LogP contribution is -2.22. The largest absolute Gasteiger partial charge is 0.359 e. The molecule has 0 unspecified atom stereocenters. The summed E-state index contributed by atoms with van der Waals surface area (Å²) in [6, 6.07) is 15.3. The SMILES string of the molecule is C=C/C(=C\C(=C/C)c1cc2c(-c3cc4c(-c5cc(C)cc(F)c5)cccc4[nH]3)n[nH]c2cn1)NC(=C)C(C)(C)C. The predicted octanol–water partition coefficient (Wildman–Crippen LogP) is 8.84. The van der Waals surface area contributed by atoms with Crippen molar-refractivity contribution in [2.24, 2.45) is 5.41 Å². The standard InChI is InChI=1S/C34H34FN5/c1-8-22(16-25(9-2)37-21(4)34(5,6)7)30-18-28-32(19-36-30)39-40-33(28)31-17-27-26(11-10-12-29(27)38-31)23-13-20(3)14-24(35)15-23/h8-19,37-38H,2,4H2,1,3,5-7H3,(H,39,40)/b22-8+,25-16+. The van der Waals surface area contributed by atoms with Crippen molar-refractivity contribution < 1.29 is 4.39 Å². The molecule has 0 spiro atoms. The number of H-pyrrole nitrogens is 2. The van der Waals surface area contributed by atoms with Crippen LogP contribution in [0.25, 0.3) is 49.9 Å². The van der Waals surface area contributed by atoms with Gasteiger partial charge in [-0.15, -0.1) is 0 Å². The number of benzene rings is 2. The first kappa shape index (κ1) is 26.9. The van der Waals surface area contributed by atoms with Gasteiger partial charge in [0, 0.05) is 33.1 Å². The average molecular weight is 532 g/mol. The van der Waals surface area contributed by atoms with Gasteiger partial charge in [-0.2, -0.15) is 5.10 Å². The molecule has 0 atom stereocenters. The van der Waals surface area contributed by atoms with Gasteiger partial charge in [-0.3, -0.25) is 10.1 Å². The Balaban J connectivity index is 1.56. The second-order valence-electron chi connectivity index (χ2n) is 11.1. The molecular weight excluding hydrogens is 497 g/mol. The maximum Gasteiger partial charge on any atom is 0.124 e. The van der Waals surface area contributed by atoms with Crippen LogP contribution in [-0.2, 0) is 0 Å². The number of allylic oxidation sites excluding steroid dienone is 5. The maximum absolute atomic E-state index is 14.2. The summed E-state index contributed by atoms with van der Waals surface area (Å²) in [7, 11) is 0. The molecule has 2 aromatic carbocycles. The number of fused-ring (bicyclic) bond motifs is 2. The third-order valence-electron chi connectivity index (χ3n) is 7.06. The molecule has 0 bridgehead atoms. The Morgan fingerprint density at radius 1 is 1.05 bits per heavy atom. The van der Waals surface area contributed by atoms with Crippen LogP contribution in [0.4, 0.5) is 4.39 Å². The molecule has 0 saturated carbocycles. The molecule has 0 saturated heterocycles. The zero-order valence-corrected chi connectivity index (χ0v) is 23.6. The Hall–Kier alpha value is -4.71. The highest BCUT2D eigenvalue weighted by Crippen LogP contribution is 2.35. The molecule has 40 heavy (non-hydrogen) atoms. The van der Waals surface area contributed by atoms with Gasteiger partial charge >= 0.3 is 0 Å². The lowest BCUT2D eigenvalue weighted by molar-refractivity contribution is 0.478. The van der Waals surface area contributed by atoms with E-state index in [0.717, 1.165) is 72.5 Å². The van der Waals surface area contributed by atoms with E-state index in [0.29, 0.717) is 0 Å². The number of aromatic amines is 2. The zero-order valence-electron chi connectivity index (χ0n) is 23.6. The van der Waals surface area contributed by atoms with Crippen LogP contribution in [0.2, 0.25) is 0 Å². The van der Waals surface area contributed by atoms with Crippen LogP contribution >= 0.6 is 0 Å². The molecule has 0 aliphatic heterocycles. The van der Waals surface area contributed by atoms with Crippen molar-refractivity contribution in [1.82, 2.24) is 25.5 Å². The topological polar surface area (TPSA) is 69.4 Å². The molecule has 6 heteroatoms. The molecule has 0 radical (unpaired) electrons. The van der Waals surface area contributed by atoms with Crippen LogP contribution in [0.5, 0.6) is 0 Å². The van der Waals surface area contributed by atoms with Gasteiger partial charge in [0.2, 0.25) is 0 Å². The van der Waals surface area contributed by atoms with Crippen molar-refractivity contribution >= 4 is 27.4 Å². The highest BCUT2D eigenvalue weighted by Gasteiger charge is 2.17. The third-order valence-corrected chi connectivity index (χ3v) is 7.06. The summed E-state index contributed by atoms with van der Waals surface area (Å²) in [6.45, 7) is 18.4. The quantitative estimate of drug-likeness (QED) is 0.184. The fourth-order valence-corrected chi connectivity index (χ4v) is 4.69. The van der Waals surface area contributed by atoms with E-state index in [9.17, 15) is 4.39 Å². The molecule has 3 N–H and O–H groups in total. The highest BCUT2D eigenvalue weighted by atomic mass is 19.1. The van der Waals surface area contributed by atoms with E-state index in [1.807, 2.05) is 56.3 Å². The Kier molecular flexibility index (Phi) is 7.03. The number of hydrogen-bond donors (Lipinski definition) is 3. The molecule has 3 aromatic heterocycles.